The highest BCUT2D eigenvalue weighted by molar-refractivity contribution is 8.00. The second-order valence-electron chi connectivity index (χ2n) is 6.12. The SMILES string of the molecule is Cc1nn(-c2ccc(F)cc2)c2c1C(c1cccc(F)c1F)SCC(=O)N2. The second kappa shape index (κ2) is 6.77. The fourth-order valence-electron chi connectivity index (χ4n) is 3.12. The number of carbonyl (C=O) groups excluding carboxylic acids is 1. The molecule has 1 amide bonds. The summed E-state index contributed by atoms with van der Waals surface area (Å²) in [4.78, 5) is 12.2. The Morgan fingerprint density at radius 2 is 1.89 bits per heavy atom. The summed E-state index contributed by atoms with van der Waals surface area (Å²) in [5.41, 5.74) is 1.86. The highest BCUT2D eigenvalue weighted by Crippen LogP contribution is 2.44. The lowest BCUT2D eigenvalue weighted by Crippen LogP contribution is -2.15. The van der Waals surface area contributed by atoms with E-state index in [1.807, 2.05) is 0 Å². The molecule has 0 saturated carbocycles. The Morgan fingerprint density at radius 3 is 2.63 bits per heavy atom. The van der Waals surface area contributed by atoms with Gasteiger partial charge in [-0.05, 0) is 37.3 Å². The molecule has 3 aromatic rings. The molecule has 27 heavy (non-hydrogen) atoms. The zero-order valence-corrected chi connectivity index (χ0v) is 15.0. The van der Waals surface area contributed by atoms with Crippen molar-refractivity contribution in [2.45, 2.75) is 12.2 Å². The van der Waals surface area contributed by atoms with Crippen molar-refractivity contribution < 1.29 is 18.0 Å². The van der Waals surface area contributed by atoms with E-state index in [2.05, 4.69) is 10.4 Å². The Morgan fingerprint density at radius 1 is 1.15 bits per heavy atom. The van der Waals surface area contributed by atoms with Crippen LogP contribution in [0.15, 0.2) is 42.5 Å². The standard InChI is InChI=1S/C19H14F3N3OS/c1-10-16-18(13-3-2-4-14(21)17(13)22)27-9-15(26)23-19(16)25(24-10)12-7-5-11(20)6-8-12/h2-8,18H,9H2,1H3,(H,23,26). The van der Waals surface area contributed by atoms with Crippen molar-refractivity contribution in [1.29, 1.82) is 0 Å². The van der Waals surface area contributed by atoms with Crippen molar-refractivity contribution in [2.24, 2.45) is 0 Å². The molecule has 8 heteroatoms. The van der Waals surface area contributed by atoms with Gasteiger partial charge in [0.25, 0.3) is 0 Å². The van der Waals surface area contributed by atoms with Crippen molar-refractivity contribution in [2.75, 3.05) is 11.1 Å². The summed E-state index contributed by atoms with van der Waals surface area (Å²) in [7, 11) is 0. The number of aromatic nitrogens is 2. The van der Waals surface area contributed by atoms with Crippen LogP contribution in [-0.2, 0) is 4.79 Å². The summed E-state index contributed by atoms with van der Waals surface area (Å²) in [6.07, 6.45) is 0. The lowest BCUT2D eigenvalue weighted by molar-refractivity contribution is -0.113. The van der Waals surface area contributed by atoms with Crippen LogP contribution in [0.3, 0.4) is 0 Å². The van der Waals surface area contributed by atoms with E-state index < -0.39 is 22.7 Å². The largest absolute Gasteiger partial charge is 0.310 e. The number of anilines is 1. The molecule has 4 nitrogen and oxygen atoms in total. The molecule has 2 aromatic carbocycles. The average molecular weight is 389 g/mol. The van der Waals surface area contributed by atoms with Crippen LogP contribution in [0.2, 0.25) is 0 Å². The number of hydrogen-bond acceptors (Lipinski definition) is 3. The summed E-state index contributed by atoms with van der Waals surface area (Å²) < 4.78 is 43.0. The number of thioether (sulfide) groups is 1. The highest BCUT2D eigenvalue weighted by Gasteiger charge is 2.32. The van der Waals surface area contributed by atoms with Gasteiger partial charge in [0, 0.05) is 11.1 Å². The smallest absolute Gasteiger partial charge is 0.235 e. The van der Waals surface area contributed by atoms with Gasteiger partial charge in [-0.1, -0.05) is 12.1 Å². The Kier molecular flexibility index (Phi) is 4.43. The molecule has 1 atom stereocenters. The lowest BCUT2D eigenvalue weighted by atomic mass is 10.0. The van der Waals surface area contributed by atoms with Gasteiger partial charge in [0.05, 0.1) is 22.4 Å². The van der Waals surface area contributed by atoms with Gasteiger partial charge in [0.1, 0.15) is 11.6 Å². The van der Waals surface area contributed by atoms with E-state index >= 15 is 0 Å². The van der Waals surface area contributed by atoms with Gasteiger partial charge in [0.15, 0.2) is 11.6 Å². The predicted octanol–water partition coefficient (Wildman–Crippen LogP) is 4.37. The van der Waals surface area contributed by atoms with Crippen molar-refractivity contribution in [3.05, 3.63) is 76.7 Å². The number of hydrogen-bond donors (Lipinski definition) is 1. The third kappa shape index (κ3) is 3.10. The van der Waals surface area contributed by atoms with E-state index in [1.54, 1.807) is 6.92 Å². The maximum atomic E-state index is 14.5. The molecule has 0 radical (unpaired) electrons. The zero-order chi connectivity index (χ0) is 19.1. The number of nitrogens with zero attached hydrogens (tertiary/aromatic N) is 2. The first-order valence-electron chi connectivity index (χ1n) is 8.16. The topological polar surface area (TPSA) is 46.9 Å². The van der Waals surface area contributed by atoms with Crippen molar-refractivity contribution >= 4 is 23.5 Å². The summed E-state index contributed by atoms with van der Waals surface area (Å²) in [6, 6.07) is 9.64. The van der Waals surface area contributed by atoms with E-state index in [9.17, 15) is 18.0 Å². The summed E-state index contributed by atoms with van der Waals surface area (Å²) in [5.74, 6) is -2.09. The van der Waals surface area contributed by atoms with Crippen LogP contribution in [0.5, 0.6) is 0 Å². The predicted molar refractivity (Wildman–Crippen MR) is 97.5 cm³/mol. The number of amides is 1. The molecule has 0 bridgehead atoms. The van der Waals surface area contributed by atoms with E-state index in [0.29, 0.717) is 22.8 Å². The Hall–Kier alpha value is -2.74. The van der Waals surface area contributed by atoms with Crippen LogP contribution in [0, 0.1) is 24.4 Å². The molecule has 1 N–H and O–H groups in total. The molecule has 138 valence electrons. The Bertz CT molecular complexity index is 1030. The van der Waals surface area contributed by atoms with Crippen LogP contribution in [0.4, 0.5) is 19.0 Å². The zero-order valence-electron chi connectivity index (χ0n) is 14.2. The lowest BCUT2D eigenvalue weighted by Gasteiger charge is -2.16. The van der Waals surface area contributed by atoms with Crippen molar-refractivity contribution in [3.8, 4) is 5.69 Å². The summed E-state index contributed by atoms with van der Waals surface area (Å²) in [5, 5.41) is 6.63. The van der Waals surface area contributed by atoms with E-state index in [0.717, 1.165) is 6.07 Å². The number of carbonyl (C=O) groups is 1. The molecular formula is C19H14F3N3OS. The minimum Gasteiger partial charge on any atom is -0.310 e. The number of rotatable bonds is 2. The third-order valence-corrected chi connectivity index (χ3v) is 5.59. The second-order valence-corrected chi connectivity index (χ2v) is 7.21. The first kappa shape index (κ1) is 17.7. The quantitative estimate of drug-likeness (QED) is 0.708. The molecule has 0 aliphatic carbocycles. The van der Waals surface area contributed by atoms with E-state index in [1.165, 1.54) is 52.8 Å². The minimum absolute atomic E-state index is 0.0815. The van der Waals surface area contributed by atoms with Gasteiger partial charge in [-0.2, -0.15) is 5.10 Å². The van der Waals surface area contributed by atoms with Crippen LogP contribution in [0.25, 0.3) is 5.69 Å². The molecule has 1 aliphatic heterocycles. The molecule has 0 spiro atoms. The first-order valence-corrected chi connectivity index (χ1v) is 9.21. The van der Waals surface area contributed by atoms with E-state index in [4.69, 9.17) is 0 Å². The summed E-state index contributed by atoms with van der Waals surface area (Å²) >= 11 is 1.20. The molecular weight excluding hydrogens is 375 g/mol. The maximum Gasteiger partial charge on any atom is 0.235 e. The Balaban J connectivity index is 1.91. The molecule has 0 fully saturated rings. The number of benzene rings is 2. The fraction of sp³-hybridized carbons (Fsp3) is 0.158. The van der Waals surface area contributed by atoms with Gasteiger partial charge in [-0.3, -0.25) is 4.79 Å². The summed E-state index contributed by atoms with van der Waals surface area (Å²) in [6.45, 7) is 1.74. The van der Waals surface area contributed by atoms with Crippen LogP contribution >= 0.6 is 11.8 Å². The number of aryl methyl sites for hydroxylation is 1. The van der Waals surface area contributed by atoms with Gasteiger partial charge >= 0.3 is 0 Å². The van der Waals surface area contributed by atoms with Crippen LogP contribution in [0.1, 0.15) is 22.1 Å². The van der Waals surface area contributed by atoms with Gasteiger partial charge < -0.3 is 5.32 Å². The molecule has 2 heterocycles. The monoisotopic (exact) mass is 389 g/mol. The minimum atomic E-state index is -0.943. The van der Waals surface area contributed by atoms with Crippen LogP contribution < -0.4 is 5.32 Å². The first-order chi connectivity index (χ1) is 13.0. The number of halogens is 3. The van der Waals surface area contributed by atoms with Gasteiger partial charge in [0.2, 0.25) is 5.91 Å². The Labute approximate surface area is 157 Å². The normalized spacial score (nSPS) is 16.6. The van der Waals surface area contributed by atoms with Crippen molar-refractivity contribution in [3.63, 3.8) is 0 Å². The van der Waals surface area contributed by atoms with Crippen LogP contribution in [-0.4, -0.2) is 21.4 Å². The average Bonchev–Trinajstić information content (AvgIpc) is 2.84. The van der Waals surface area contributed by atoms with Gasteiger partial charge in [-0.25, -0.2) is 17.9 Å². The fourth-order valence-corrected chi connectivity index (χ4v) is 4.32. The number of fused-ring (bicyclic) bond motifs is 1. The maximum absolute atomic E-state index is 14.5. The van der Waals surface area contributed by atoms with E-state index in [-0.39, 0.29) is 17.2 Å². The number of nitrogens with one attached hydrogen (secondary N) is 1. The molecule has 0 saturated heterocycles. The molecule has 1 aromatic heterocycles. The van der Waals surface area contributed by atoms with Gasteiger partial charge in [-0.15, -0.1) is 11.8 Å². The van der Waals surface area contributed by atoms with Crippen molar-refractivity contribution in [1.82, 2.24) is 9.78 Å². The molecule has 1 unspecified atom stereocenters. The third-order valence-electron chi connectivity index (χ3n) is 4.34. The highest BCUT2D eigenvalue weighted by atomic mass is 32.2. The molecule has 4 rings (SSSR count). The molecule has 1 aliphatic rings.